The minimum atomic E-state index is -0.509. The van der Waals surface area contributed by atoms with E-state index in [1.807, 2.05) is 36.4 Å². The van der Waals surface area contributed by atoms with Gasteiger partial charge in [-0.15, -0.1) is 0 Å². The lowest BCUT2D eigenvalue weighted by Gasteiger charge is -2.39. The third-order valence-corrected chi connectivity index (χ3v) is 4.55. The van der Waals surface area contributed by atoms with Gasteiger partial charge in [0.15, 0.2) is 0 Å². The Morgan fingerprint density at radius 2 is 2.00 bits per heavy atom. The molecule has 0 radical (unpaired) electrons. The molecule has 1 fully saturated rings. The van der Waals surface area contributed by atoms with Gasteiger partial charge >= 0.3 is 0 Å². The van der Waals surface area contributed by atoms with Crippen LogP contribution in [0.25, 0.3) is 0 Å². The average molecular weight is 330 g/mol. The fourth-order valence-corrected chi connectivity index (χ4v) is 3.28. The molecule has 4 atom stereocenters. The summed E-state index contributed by atoms with van der Waals surface area (Å²) in [6.45, 7) is 2.74. The molecule has 0 aliphatic carbocycles. The molecule has 0 saturated carbocycles. The lowest BCUT2D eigenvalue weighted by atomic mass is 9.85. The first-order chi connectivity index (χ1) is 11.6. The maximum absolute atomic E-state index is 13.6. The lowest BCUT2D eigenvalue weighted by Crippen LogP contribution is -2.42. The van der Waals surface area contributed by atoms with Crippen LogP contribution in [-0.2, 0) is 16.1 Å². The van der Waals surface area contributed by atoms with Gasteiger partial charge in [0.1, 0.15) is 11.9 Å². The molecule has 4 heteroatoms. The van der Waals surface area contributed by atoms with Crippen LogP contribution in [0.3, 0.4) is 0 Å². The number of rotatable bonds is 5. The van der Waals surface area contributed by atoms with Crippen molar-refractivity contribution in [2.24, 2.45) is 5.92 Å². The van der Waals surface area contributed by atoms with Crippen LogP contribution in [0.15, 0.2) is 54.6 Å². The Labute approximate surface area is 142 Å². The van der Waals surface area contributed by atoms with E-state index in [1.54, 1.807) is 13.0 Å². The summed E-state index contributed by atoms with van der Waals surface area (Å²) >= 11 is 0. The largest absolute Gasteiger partial charge is 0.393 e. The van der Waals surface area contributed by atoms with Crippen LogP contribution in [-0.4, -0.2) is 23.9 Å². The van der Waals surface area contributed by atoms with Gasteiger partial charge in [0.25, 0.3) is 0 Å². The maximum atomic E-state index is 13.6. The molecule has 0 aromatic heterocycles. The summed E-state index contributed by atoms with van der Waals surface area (Å²) in [5.74, 6) is -0.340. The first-order valence-electron chi connectivity index (χ1n) is 8.36. The molecule has 3 rings (SSSR count). The van der Waals surface area contributed by atoms with Gasteiger partial charge in [0, 0.05) is 12.5 Å². The van der Waals surface area contributed by atoms with Gasteiger partial charge in [0.2, 0.25) is 0 Å². The highest BCUT2D eigenvalue weighted by Gasteiger charge is 2.38. The molecule has 1 saturated heterocycles. The highest BCUT2D eigenvalue weighted by atomic mass is 19.1. The zero-order valence-corrected chi connectivity index (χ0v) is 13.8. The molecule has 0 spiro atoms. The van der Waals surface area contributed by atoms with E-state index in [-0.39, 0.29) is 23.9 Å². The van der Waals surface area contributed by atoms with E-state index < -0.39 is 6.10 Å². The minimum Gasteiger partial charge on any atom is -0.393 e. The summed E-state index contributed by atoms with van der Waals surface area (Å²) in [7, 11) is 0. The van der Waals surface area contributed by atoms with Crippen molar-refractivity contribution in [2.75, 3.05) is 6.61 Å². The molecule has 1 aliphatic rings. The second kappa shape index (κ2) is 7.88. The molecular formula is C20H23FO3. The molecule has 1 N–H and O–H groups in total. The Hall–Kier alpha value is -1.75. The standard InChI is InChI=1S/C20H23FO3/c1-14(22)18-10-11-23-19(16-8-5-9-17(21)12-16)20(18)24-13-15-6-3-2-4-7-15/h2-9,12,14,18-20,22H,10-11,13H2,1H3. The third-order valence-electron chi connectivity index (χ3n) is 4.55. The van der Waals surface area contributed by atoms with E-state index in [0.717, 1.165) is 17.5 Å². The van der Waals surface area contributed by atoms with Crippen molar-refractivity contribution in [3.05, 3.63) is 71.5 Å². The second-order valence-corrected chi connectivity index (χ2v) is 6.30. The summed E-state index contributed by atoms with van der Waals surface area (Å²) in [5, 5.41) is 10.2. The molecule has 24 heavy (non-hydrogen) atoms. The third kappa shape index (κ3) is 4.01. The Morgan fingerprint density at radius 3 is 2.71 bits per heavy atom. The van der Waals surface area contributed by atoms with Gasteiger partial charge in [-0.05, 0) is 36.6 Å². The number of benzene rings is 2. The van der Waals surface area contributed by atoms with Crippen molar-refractivity contribution in [2.45, 2.75) is 38.3 Å². The summed E-state index contributed by atoms with van der Waals surface area (Å²) in [6.07, 6.45) is -0.479. The molecule has 128 valence electrons. The van der Waals surface area contributed by atoms with Gasteiger partial charge in [0.05, 0.1) is 18.8 Å². The van der Waals surface area contributed by atoms with E-state index in [1.165, 1.54) is 12.1 Å². The highest BCUT2D eigenvalue weighted by molar-refractivity contribution is 5.21. The van der Waals surface area contributed by atoms with E-state index in [4.69, 9.17) is 9.47 Å². The Balaban J connectivity index is 1.82. The summed E-state index contributed by atoms with van der Waals surface area (Å²) in [6, 6.07) is 16.3. The van der Waals surface area contributed by atoms with Crippen LogP contribution in [0.4, 0.5) is 4.39 Å². The Morgan fingerprint density at radius 1 is 1.21 bits per heavy atom. The molecule has 3 nitrogen and oxygen atoms in total. The van der Waals surface area contributed by atoms with Gasteiger partial charge in [-0.25, -0.2) is 4.39 Å². The van der Waals surface area contributed by atoms with Crippen molar-refractivity contribution in [3.63, 3.8) is 0 Å². The van der Waals surface area contributed by atoms with Crippen molar-refractivity contribution in [1.82, 2.24) is 0 Å². The molecule has 4 unspecified atom stereocenters. The van der Waals surface area contributed by atoms with E-state index >= 15 is 0 Å². The number of ether oxygens (including phenoxy) is 2. The zero-order chi connectivity index (χ0) is 16.9. The fraction of sp³-hybridized carbons (Fsp3) is 0.400. The number of hydrogen-bond donors (Lipinski definition) is 1. The quantitative estimate of drug-likeness (QED) is 0.904. The normalized spacial score (nSPS) is 25.4. The lowest BCUT2D eigenvalue weighted by molar-refractivity contribution is -0.162. The first-order valence-corrected chi connectivity index (χ1v) is 8.36. The summed E-state index contributed by atoms with van der Waals surface area (Å²) in [4.78, 5) is 0. The van der Waals surface area contributed by atoms with Crippen molar-refractivity contribution in [1.29, 1.82) is 0 Å². The first kappa shape index (κ1) is 17.1. The van der Waals surface area contributed by atoms with Crippen molar-refractivity contribution >= 4 is 0 Å². The van der Waals surface area contributed by atoms with Crippen LogP contribution < -0.4 is 0 Å². The molecule has 1 aliphatic heterocycles. The summed E-state index contributed by atoms with van der Waals surface area (Å²) in [5.41, 5.74) is 1.81. The van der Waals surface area contributed by atoms with Crippen LogP contribution in [0.1, 0.15) is 30.6 Å². The Kier molecular flexibility index (Phi) is 5.61. The predicted octanol–water partition coefficient (Wildman–Crippen LogP) is 3.87. The molecule has 0 bridgehead atoms. The number of aliphatic hydroxyl groups is 1. The monoisotopic (exact) mass is 330 g/mol. The van der Waals surface area contributed by atoms with Gasteiger partial charge in [-0.1, -0.05) is 42.5 Å². The SMILES string of the molecule is CC(O)C1CCOC(c2cccc(F)c2)C1OCc1ccccc1. The van der Waals surface area contributed by atoms with Crippen LogP contribution >= 0.6 is 0 Å². The van der Waals surface area contributed by atoms with E-state index in [2.05, 4.69) is 0 Å². The highest BCUT2D eigenvalue weighted by Crippen LogP contribution is 2.36. The molecule has 2 aromatic rings. The molecule has 0 amide bonds. The fourth-order valence-electron chi connectivity index (χ4n) is 3.28. The van der Waals surface area contributed by atoms with Crippen molar-refractivity contribution in [3.8, 4) is 0 Å². The summed E-state index contributed by atoms with van der Waals surface area (Å²) < 4.78 is 25.7. The predicted molar refractivity (Wildman–Crippen MR) is 89.9 cm³/mol. The van der Waals surface area contributed by atoms with Crippen LogP contribution in [0.2, 0.25) is 0 Å². The molecule has 2 aromatic carbocycles. The van der Waals surface area contributed by atoms with Crippen LogP contribution in [0.5, 0.6) is 0 Å². The Bertz CT molecular complexity index is 644. The average Bonchev–Trinajstić information content (AvgIpc) is 2.60. The minimum absolute atomic E-state index is 0.0456. The van der Waals surface area contributed by atoms with Crippen LogP contribution in [0, 0.1) is 11.7 Å². The van der Waals surface area contributed by atoms with E-state index in [9.17, 15) is 9.50 Å². The number of aliphatic hydroxyl groups excluding tert-OH is 1. The smallest absolute Gasteiger partial charge is 0.123 e. The number of halogens is 1. The van der Waals surface area contributed by atoms with E-state index in [0.29, 0.717) is 13.2 Å². The van der Waals surface area contributed by atoms with Gasteiger partial charge in [-0.3, -0.25) is 0 Å². The number of hydrogen-bond acceptors (Lipinski definition) is 3. The topological polar surface area (TPSA) is 38.7 Å². The van der Waals surface area contributed by atoms with Gasteiger partial charge < -0.3 is 14.6 Å². The van der Waals surface area contributed by atoms with Gasteiger partial charge in [-0.2, -0.15) is 0 Å². The zero-order valence-electron chi connectivity index (χ0n) is 13.8. The molecular weight excluding hydrogens is 307 g/mol. The van der Waals surface area contributed by atoms with Crippen molar-refractivity contribution < 1.29 is 19.0 Å². The second-order valence-electron chi connectivity index (χ2n) is 6.30. The molecule has 1 heterocycles. The maximum Gasteiger partial charge on any atom is 0.123 e.